The summed E-state index contributed by atoms with van der Waals surface area (Å²) in [6.45, 7) is 5.42. The smallest absolute Gasteiger partial charge is 0.317 e. The van der Waals surface area contributed by atoms with Crippen molar-refractivity contribution < 1.29 is 18.7 Å². The maximum atomic E-state index is 13.5. The van der Waals surface area contributed by atoms with Gasteiger partial charge in [-0.1, -0.05) is 6.07 Å². The van der Waals surface area contributed by atoms with Crippen molar-refractivity contribution in [2.24, 2.45) is 0 Å². The van der Waals surface area contributed by atoms with Crippen molar-refractivity contribution in [2.45, 2.75) is 45.4 Å². The number of amides is 3. The molecule has 3 rings (SSSR count). The molecule has 33 heavy (non-hydrogen) atoms. The van der Waals surface area contributed by atoms with Crippen LogP contribution in [0.4, 0.5) is 20.6 Å². The van der Waals surface area contributed by atoms with Gasteiger partial charge in [-0.2, -0.15) is 0 Å². The largest absolute Gasteiger partial charge is 0.377 e. The molecule has 0 aliphatic carbocycles. The number of ether oxygens (including phenoxy) is 1. The van der Waals surface area contributed by atoms with Crippen molar-refractivity contribution >= 4 is 23.3 Å². The molecule has 178 valence electrons. The Bertz CT molecular complexity index is 974. The Morgan fingerprint density at radius 1 is 1.18 bits per heavy atom. The molecule has 1 saturated heterocycles. The predicted molar refractivity (Wildman–Crippen MR) is 128 cm³/mol. The second-order valence-electron chi connectivity index (χ2n) is 8.82. The van der Waals surface area contributed by atoms with E-state index in [4.69, 9.17) is 4.74 Å². The molecular formula is C25H33FN4O3. The van der Waals surface area contributed by atoms with Crippen molar-refractivity contribution in [3.8, 4) is 0 Å². The summed E-state index contributed by atoms with van der Waals surface area (Å²) >= 11 is 0. The molecule has 1 fully saturated rings. The number of hydrogen-bond acceptors (Lipinski definition) is 4. The lowest BCUT2D eigenvalue weighted by Crippen LogP contribution is -2.45. The van der Waals surface area contributed by atoms with Gasteiger partial charge in [-0.05, 0) is 68.7 Å². The number of nitrogens with one attached hydrogen (secondary N) is 2. The van der Waals surface area contributed by atoms with E-state index in [0.717, 1.165) is 30.7 Å². The molecule has 1 heterocycles. The zero-order chi connectivity index (χ0) is 24.0. The fourth-order valence-corrected chi connectivity index (χ4v) is 3.86. The molecular weight excluding hydrogens is 423 g/mol. The molecule has 2 N–H and O–H groups in total. The summed E-state index contributed by atoms with van der Waals surface area (Å²) < 4.78 is 19.3. The third-order valence-electron chi connectivity index (χ3n) is 5.41. The van der Waals surface area contributed by atoms with Crippen LogP contribution in [-0.4, -0.2) is 56.2 Å². The van der Waals surface area contributed by atoms with Crippen LogP contribution in [0.25, 0.3) is 0 Å². The molecule has 8 heteroatoms. The van der Waals surface area contributed by atoms with Gasteiger partial charge in [0.1, 0.15) is 5.82 Å². The number of hydrogen-bond donors (Lipinski definition) is 2. The minimum Gasteiger partial charge on any atom is -0.377 e. The average molecular weight is 457 g/mol. The first-order valence-corrected chi connectivity index (χ1v) is 11.3. The highest BCUT2D eigenvalue weighted by Gasteiger charge is 2.24. The van der Waals surface area contributed by atoms with Crippen molar-refractivity contribution in [3.63, 3.8) is 0 Å². The van der Waals surface area contributed by atoms with Gasteiger partial charge < -0.3 is 25.2 Å². The first-order chi connectivity index (χ1) is 15.7. The van der Waals surface area contributed by atoms with Gasteiger partial charge in [0.25, 0.3) is 5.91 Å². The summed E-state index contributed by atoms with van der Waals surface area (Å²) in [5.41, 5.74) is 2.64. The Balaban J connectivity index is 1.84. The minimum absolute atomic E-state index is 0.00899. The lowest BCUT2D eigenvalue weighted by molar-refractivity contribution is 0.0791. The molecule has 0 saturated carbocycles. The van der Waals surface area contributed by atoms with E-state index in [9.17, 15) is 14.0 Å². The fourth-order valence-electron chi connectivity index (χ4n) is 3.86. The maximum Gasteiger partial charge on any atom is 0.317 e. The van der Waals surface area contributed by atoms with Crippen LogP contribution in [0.2, 0.25) is 0 Å². The van der Waals surface area contributed by atoms with Crippen LogP contribution < -0.4 is 15.5 Å². The molecule has 0 spiro atoms. The summed E-state index contributed by atoms with van der Waals surface area (Å²) in [7, 11) is 3.87. The van der Waals surface area contributed by atoms with E-state index in [0.29, 0.717) is 18.8 Å². The first-order valence-electron chi connectivity index (χ1n) is 11.3. The van der Waals surface area contributed by atoms with Gasteiger partial charge in [-0.15, -0.1) is 0 Å². The number of halogens is 1. The van der Waals surface area contributed by atoms with Gasteiger partial charge in [0, 0.05) is 56.8 Å². The van der Waals surface area contributed by atoms with Crippen LogP contribution in [0.15, 0.2) is 42.5 Å². The van der Waals surface area contributed by atoms with E-state index in [2.05, 4.69) is 10.6 Å². The molecule has 2 aromatic rings. The van der Waals surface area contributed by atoms with E-state index in [1.807, 2.05) is 45.0 Å². The van der Waals surface area contributed by atoms with Gasteiger partial charge in [0.2, 0.25) is 0 Å². The lowest BCUT2D eigenvalue weighted by Gasteiger charge is -2.29. The van der Waals surface area contributed by atoms with Gasteiger partial charge in [0.15, 0.2) is 0 Å². The van der Waals surface area contributed by atoms with Crippen molar-refractivity contribution in [3.05, 3.63) is 59.4 Å². The highest BCUT2D eigenvalue weighted by atomic mass is 19.1. The Hall–Kier alpha value is -3.13. The van der Waals surface area contributed by atoms with Crippen LogP contribution in [0.3, 0.4) is 0 Å². The highest BCUT2D eigenvalue weighted by Crippen LogP contribution is 2.26. The lowest BCUT2D eigenvalue weighted by atomic mass is 10.1. The Morgan fingerprint density at radius 3 is 2.61 bits per heavy atom. The number of nitrogens with zero attached hydrogens (tertiary/aromatic N) is 2. The molecule has 1 aliphatic rings. The predicted octanol–water partition coefficient (Wildman–Crippen LogP) is 4.24. The maximum absolute atomic E-state index is 13.5. The fraction of sp³-hybridized carbons (Fsp3) is 0.440. The zero-order valence-electron chi connectivity index (χ0n) is 19.7. The molecule has 2 aromatic carbocycles. The summed E-state index contributed by atoms with van der Waals surface area (Å²) in [5, 5.41) is 5.80. The number of benzene rings is 2. The quantitative estimate of drug-likeness (QED) is 0.623. The highest BCUT2D eigenvalue weighted by molar-refractivity contribution is 6.04. The summed E-state index contributed by atoms with van der Waals surface area (Å²) in [5.74, 6) is -0.862. The number of carbonyl (C=O) groups is 2. The Morgan fingerprint density at radius 2 is 1.97 bits per heavy atom. The van der Waals surface area contributed by atoms with Crippen LogP contribution in [-0.2, 0) is 11.3 Å². The van der Waals surface area contributed by atoms with E-state index in [-0.39, 0.29) is 23.7 Å². The number of carbonyl (C=O) groups excluding carboxylic acids is 2. The van der Waals surface area contributed by atoms with Crippen LogP contribution in [0.5, 0.6) is 0 Å². The number of anilines is 2. The Labute approximate surface area is 194 Å². The van der Waals surface area contributed by atoms with Gasteiger partial charge in [-0.3, -0.25) is 4.79 Å². The van der Waals surface area contributed by atoms with Crippen molar-refractivity contribution in [1.29, 1.82) is 0 Å². The van der Waals surface area contributed by atoms with Gasteiger partial charge >= 0.3 is 6.03 Å². The summed E-state index contributed by atoms with van der Waals surface area (Å²) in [6.07, 6.45) is 1.94. The van der Waals surface area contributed by atoms with Crippen LogP contribution in [0, 0.1) is 5.82 Å². The molecule has 0 aromatic heterocycles. The zero-order valence-corrected chi connectivity index (χ0v) is 19.7. The molecule has 0 radical (unpaired) electrons. The molecule has 1 aliphatic heterocycles. The normalized spacial score (nSPS) is 15.4. The van der Waals surface area contributed by atoms with E-state index < -0.39 is 11.7 Å². The van der Waals surface area contributed by atoms with E-state index >= 15 is 0 Å². The second-order valence-corrected chi connectivity index (χ2v) is 8.82. The van der Waals surface area contributed by atoms with E-state index in [1.165, 1.54) is 18.2 Å². The van der Waals surface area contributed by atoms with Gasteiger partial charge in [0.05, 0.1) is 6.10 Å². The first kappa shape index (κ1) is 24.5. The molecule has 0 unspecified atom stereocenters. The topological polar surface area (TPSA) is 73.9 Å². The Kier molecular flexibility index (Phi) is 8.27. The van der Waals surface area contributed by atoms with Gasteiger partial charge in [-0.25, -0.2) is 9.18 Å². The minimum atomic E-state index is -0.466. The van der Waals surface area contributed by atoms with E-state index in [1.54, 1.807) is 17.0 Å². The second kappa shape index (κ2) is 11.1. The standard InChI is InChI=1S/C25H33FN4O3/c1-17(2)27-25(32)30(16-22-9-6-12-33-22)15-19-14-21(10-11-23(19)29(3)4)28-24(31)18-7-5-8-20(26)13-18/h5,7-8,10-11,13-14,17,22H,6,9,12,15-16H2,1-4H3,(H,27,32)(H,28,31)/t22-/m1/s1. The van der Waals surface area contributed by atoms with Crippen molar-refractivity contribution in [2.75, 3.05) is 37.5 Å². The molecule has 0 bridgehead atoms. The molecule has 7 nitrogen and oxygen atoms in total. The van der Waals surface area contributed by atoms with Crippen LogP contribution in [0.1, 0.15) is 42.6 Å². The SMILES string of the molecule is CC(C)NC(=O)N(Cc1cc(NC(=O)c2cccc(F)c2)ccc1N(C)C)C[C@H]1CCCO1. The third kappa shape index (κ3) is 6.92. The summed E-state index contributed by atoms with van der Waals surface area (Å²) in [6, 6.07) is 11.0. The van der Waals surface area contributed by atoms with Crippen LogP contribution >= 0.6 is 0 Å². The molecule has 3 amide bonds. The number of rotatable bonds is 8. The third-order valence-corrected chi connectivity index (χ3v) is 5.41. The van der Waals surface area contributed by atoms with Crippen molar-refractivity contribution in [1.82, 2.24) is 10.2 Å². The monoisotopic (exact) mass is 456 g/mol. The number of urea groups is 1. The summed E-state index contributed by atoms with van der Waals surface area (Å²) in [4.78, 5) is 29.3. The molecule has 1 atom stereocenters. The average Bonchev–Trinajstić information content (AvgIpc) is 3.26.